The second-order valence-electron chi connectivity index (χ2n) is 4.87. The Balaban J connectivity index is 0.00000182. The first kappa shape index (κ1) is 16.5. The molecular weight excluding hydrogens is 342 g/mol. The lowest BCUT2D eigenvalue weighted by Crippen LogP contribution is -2.09. The molecule has 0 radical (unpaired) electrons. The van der Waals surface area contributed by atoms with Crippen LogP contribution >= 0.6 is 12.4 Å². The van der Waals surface area contributed by atoms with Crippen LogP contribution in [0.4, 0.5) is 17.6 Å². The first-order valence-corrected chi connectivity index (χ1v) is 7.23. The van der Waals surface area contributed by atoms with Crippen LogP contribution in [-0.4, -0.2) is 41.7 Å². The zero-order valence-corrected chi connectivity index (χ0v) is 14.0. The molecule has 0 fully saturated rings. The van der Waals surface area contributed by atoms with Crippen LogP contribution in [0.5, 0.6) is 0 Å². The summed E-state index contributed by atoms with van der Waals surface area (Å²) in [6, 6.07) is 9.70. The number of fused-ring (bicyclic) bond motifs is 1. The van der Waals surface area contributed by atoms with Crippen molar-refractivity contribution in [3.63, 3.8) is 0 Å². The van der Waals surface area contributed by atoms with Gasteiger partial charge in [0.1, 0.15) is 12.7 Å². The number of aromatic nitrogens is 7. The van der Waals surface area contributed by atoms with Crippen LogP contribution in [0.1, 0.15) is 0 Å². The van der Waals surface area contributed by atoms with Crippen molar-refractivity contribution >= 4 is 40.9 Å². The number of nitrogens with zero attached hydrogens (tertiary/aromatic N) is 7. The SMILES string of the molecule is CNc1nc(Nc2cccc3ncccc23)nc(-n2cncn2)n1.Cl. The highest BCUT2D eigenvalue weighted by Crippen LogP contribution is 2.24. The molecule has 0 bridgehead atoms. The third-order valence-electron chi connectivity index (χ3n) is 3.36. The quantitative estimate of drug-likeness (QED) is 0.574. The highest BCUT2D eigenvalue weighted by molar-refractivity contribution is 5.92. The van der Waals surface area contributed by atoms with Gasteiger partial charge in [-0.1, -0.05) is 6.07 Å². The van der Waals surface area contributed by atoms with Gasteiger partial charge in [0.15, 0.2) is 0 Å². The van der Waals surface area contributed by atoms with E-state index < -0.39 is 0 Å². The minimum absolute atomic E-state index is 0. The molecule has 2 N–H and O–H groups in total. The van der Waals surface area contributed by atoms with Crippen molar-refractivity contribution in [3.8, 4) is 5.95 Å². The van der Waals surface area contributed by atoms with Crippen LogP contribution < -0.4 is 10.6 Å². The van der Waals surface area contributed by atoms with E-state index in [2.05, 4.69) is 40.7 Å². The lowest BCUT2D eigenvalue weighted by molar-refractivity contribution is 0.798. The smallest absolute Gasteiger partial charge is 0.258 e. The van der Waals surface area contributed by atoms with E-state index in [1.165, 1.54) is 17.3 Å². The second-order valence-corrected chi connectivity index (χ2v) is 4.87. The minimum Gasteiger partial charge on any atom is -0.357 e. The van der Waals surface area contributed by atoms with Gasteiger partial charge >= 0.3 is 0 Å². The Morgan fingerprint density at radius 1 is 1.00 bits per heavy atom. The second kappa shape index (κ2) is 7.05. The number of nitrogens with one attached hydrogen (secondary N) is 2. The molecule has 10 heteroatoms. The first-order valence-electron chi connectivity index (χ1n) is 7.23. The number of rotatable bonds is 4. The third-order valence-corrected chi connectivity index (χ3v) is 3.36. The molecule has 0 atom stereocenters. The summed E-state index contributed by atoms with van der Waals surface area (Å²) < 4.78 is 1.47. The fourth-order valence-electron chi connectivity index (χ4n) is 2.28. The molecule has 3 heterocycles. The monoisotopic (exact) mass is 355 g/mol. The molecule has 4 aromatic rings. The molecule has 126 valence electrons. The van der Waals surface area contributed by atoms with E-state index in [9.17, 15) is 0 Å². The predicted molar refractivity (Wildman–Crippen MR) is 96.6 cm³/mol. The van der Waals surface area contributed by atoms with Crippen molar-refractivity contribution in [2.75, 3.05) is 17.7 Å². The van der Waals surface area contributed by atoms with E-state index in [1.807, 2.05) is 30.3 Å². The number of benzene rings is 1. The molecule has 0 amide bonds. The maximum absolute atomic E-state index is 4.39. The summed E-state index contributed by atoms with van der Waals surface area (Å²) in [5.41, 5.74) is 1.75. The van der Waals surface area contributed by atoms with Crippen LogP contribution in [0.15, 0.2) is 49.2 Å². The van der Waals surface area contributed by atoms with Gasteiger partial charge in [-0.25, -0.2) is 4.98 Å². The van der Waals surface area contributed by atoms with E-state index in [0.717, 1.165) is 16.6 Å². The van der Waals surface area contributed by atoms with Crippen LogP contribution in [0, 0.1) is 0 Å². The van der Waals surface area contributed by atoms with Crippen molar-refractivity contribution in [2.24, 2.45) is 0 Å². The Morgan fingerprint density at radius 2 is 1.88 bits per heavy atom. The Kier molecular flexibility index (Phi) is 4.66. The number of anilines is 3. The summed E-state index contributed by atoms with van der Waals surface area (Å²) in [6.45, 7) is 0. The van der Waals surface area contributed by atoms with Crippen molar-refractivity contribution in [3.05, 3.63) is 49.2 Å². The molecule has 0 saturated heterocycles. The standard InChI is InChI=1S/C15H13N9.ClH/c1-16-13-21-14(23-15(22-13)24-9-17-8-19-24)20-12-6-2-5-11-10(12)4-3-7-18-11;/h2-9H,1H3,(H2,16,20,21,22,23);1H. The molecule has 3 aromatic heterocycles. The molecule has 25 heavy (non-hydrogen) atoms. The summed E-state index contributed by atoms with van der Waals surface area (Å²) in [5.74, 6) is 1.19. The average molecular weight is 356 g/mol. The Bertz CT molecular complexity index is 982. The summed E-state index contributed by atoms with van der Waals surface area (Å²) >= 11 is 0. The molecule has 1 aromatic carbocycles. The average Bonchev–Trinajstić information content (AvgIpc) is 3.16. The van der Waals surface area contributed by atoms with E-state index in [0.29, 0.717) is 17.8 Å². The van der Waals surface area contributed by atoms with Gasteiger partial charge in [0, 0.05) is 18.6 Å². The highest BCUT2D eigenvalue weighted by atomic mass is 35.5. The number of pyridine rings is 1. The van der Waals surface area contributed by atoms with Crippen molar-refractivity contribution in [1.82, 2.24) is 34.7 Å². The lowest BCUT2D eigenvalue weighted by atomic mass is 10.2. The summed E-state index contributed by atoms with van der Waals surface area (Å²) in [5, 5.41) is 11.2. The molecule has 0 unspecified atom stereocenters. The van der Waals surface area contributed by atoms with Crippen LogP contribution in [-0.2, 0) is 0 Å². The van der Waals surface area contributed by atoms with Crippen molar-refractivity contribution < 1.29 is 0 Å². The van der Waals surface area contributed by atoms with Crippen LogP contribution in [0.3, 0.4) is 0 Å². The first-order chi connectivity index (χ1) is 11.8. The molecule has 9 nitrogen and oxygen atoms in total. The maximum atomic E-state index is 4.39. The van der Waals surface area contributed by atoms with Gasteiger partial charge in [-0.3, -0.25) is 4.98 Å². The van der Waals surface area contributed by atoms with E-state index >= 15 is 0 Å². The number of hydrogen-bond donors (Lipinski definition) is 2. The zero-order chi connectivity index (χ0) is 16.4. The van der Waals surface area contributed by atoms with Gasteiger partial charge in [-0.05, 0) is 24.3 Å². The molecule has 0 spiro atoms. The van der Waals surface area contributed by atoms with E-state index in [4.69, 9.17) is 0 Å². The Labute approximate surface area is 149 Å². The topological polar surface area (TPSA) is 106 Å². The van der Waals surface area contributed by atoms with E-state index in [1.54, 1.807) is 13.2 Å². The molecule has 4 rings (SSSR count). The van der Waals surface area contributed by atoms with Gasteiger partial charge < -0.3 is 10.6 Å². The molecule has 0 saturated carbocycles. The van der Waals surface area contributed by atoms with Gasteiger partial charge in [-0.2, -0.15) is 24.7 Å². The molecular formula is C15H14ClN9. The summed E-state index contributed by atoms with van der Waals surface area (Å²) in [4.78, 5) is 21.3. The molecule has 0 aliphatic carbocycles. The number of halogens is 1. The summed E-state index contributed by atoms with van der Waals surface area (Å²) in [6.07, 6.45) is 4.71. The normalized spacial score (nSPS) is 10.3. The maximum Gasteiger partial charge on any atom is 0.258 e. The summed E-state index contributed by atoms with van der Waals surface area (Å²) in [7, 11) is 1.74. The third kappa shape index (κ3) is 3.31. The fraction of sp³-hybridized carbons (Fsp3) is 0.0667. The zero-order valence-electron chi connectivity index (χ0n) is 13.2. The van der Waals surface area contributed by atoms with Gasteiger partial charge in [-0.15, -0.1) is 12.4 Å². The predicted octanol–water partition coefficient (Wildman–Crippen LogP) is 2.21. The van der Waals surface area contributed by atoms with Crippen LogP contribution in [0.25, 0.3) is 16.9 Å². The van der Waals surface area contributed by atoms with Gasteiger partial charge in [0.05, 0.1) is 11.2 Å². The van der Waals surface area contributed by atoms with Gasteiger partial charge in [0.2, 0.25) is 11.9 Å². The van der Waals surface area contributed by atoms with Crippen LogP contribution in [0.2, 0.25) is 0 Å². The van der Waals surface area contributed by atoms with Gasteiger partial charge in [0.25, 0.3) is 5.95 Å². The molecule has 0 aliphatic rings. The minimum atomic E-state index is 0. The Hall–Kier alpha value is -3.33. The lowest BCUT2D eigenvalue weighted by Gasteiger charge is -2.10. The number of hydrogen-bond acceptors (Lipinski definition) is 8. The largest absolute Gasteiger partial charge is 0.357 e. The molecule has 0 aliphatic heterocycles. The van der Waals surface area contributed by atoms with Crippen molar-refractivity contribution in [1.29, 1.82) is 0 Å². The van der Waals surface area contributed by atoms with E-state index in [-0.39, 0.29) is 12.4 Å². The Morgan fingerprint density at radius 3 is 2.68 bits per heavy atom. The fourth-order valence-corrected chi connectivity index (χ4v) is 2.28. The highest BCUT2D eigenvalue weighted by Gasteiger charge is 2.09. The van der Waals surface area contributed by atoms with Crippen molar-refractivity contribution in [2.45, 2.75) is 0 Å².